The predicted octanol–water partition coefficient (Wildman–Crippen LogP) is 3.46. The average Bonchev–Trinajstić information content (AvgIpc) is 3.19. The number of amides is 1. The van der Waals surface area contributed by atoms with Crippen LogP contribution in [0.4, 0.5) is 5.95 Å². The zero-order valence-electron chi connectivity index (χ0n) is 18.4. The Kier molecular flexibility index (Phi) is 5.96. The number of H-pyrrole nitrogens is 1. The van der Waals surface area contributed by atoms with E-state index < -0.39 is 0 Å². The van der Waals surface area contributed by atoms with E-state index in [0.717, 1.165) is 5.56 Å². The molecule has 9 nitrogen and oxygen atoms in total. The molecule has 0 fully saturated rings. The van der Waals surface area contributed by atoms with Crippen molar-refractivity contribution >= 4 is 29.4 Å². The molecule has 1 aliphatic rings. The number of aryl methyl sites for hydroxylation is 1. The Bertz CT molecular complexity index is 1190. The van der Waals surface area contributed by atoms with Crippen molar-refractivity contribution in [1.29, 1.82) is 0 Å². The van der Waals surface area contributed by atoms with Crippen molar-refractivity contribution < 1.29 is 14.3 Å². The number of hydrogen-bond donors (Lipinski definition) is 2. The van der Waals surface area contributed by atoms with Gasteiger partial charge in [-0.15, -0.1) is 5.10 Å². The van der Waals surface area contributed by atoms with Gasteiger partial charge in [-0.2, -0.15) is 0 Å². The van der Waals surface area contributed by atoms with Crippen LogP contribution in [0.5, 0.6) is 5.75 Å². The molecule has 3 aromatic rings. The number of thioether (sulfide) groups is 1. The highest BCUT2D eigenvalue weighted by molar-refractivity contribution is 7.99. The fourth-order valence-electron chi connectivity index (χ4n) is 3.78. The molecule has 0 saturated carbocycles. The molecule has 10 heteroatoms. The number of ether oxygens (including phenoxy) is 1. The zero-order chi connectivity index (χ0) is 22.9. The first-order valence-corrected chi connectivity index (χ1v) is 11.1. The second-order valence-electron chi connectivity index (χ2n) is 8.40. The molecule has 0 spiro atoms. The van der Waals surface area contributed by atoms with Gasteiger partial charge in [-0.25, -0.2) is 15.0 Å². The largest absolute Gasteiger partial charge is 0.496 e. The van der Waals surface area contributed by atoms with Gasteiger partial charge in [-0.3, -0.25) is 20.0 Å². The van der Waals surface area contributed by atoms with Gasteiger partial charge in [0.25, 0.3) is 0 Å². The molecular weight excluding hydrogens is 428 g/mol. The van der Waals surface area contributed by atoms with Crippen LogP contribution in [0.15, 0.2) is 29.4 Å². The Labute approximate surface area is 189 Å². The average molecular weight is 453 g/mol. The number of ketones is 1. The van der Waals surface area contributed by atoms with E-state index in [-0.39, 0.29) is 28.8 Å². The molecule has 0 aliphatic heterocycles. The number of hydrogen-bond acceptors (Lipinski definition) is 8. The normalized spacial score (nSPS) is 14.7. The number of nitrogens with zero attached hydrogens (tertiary/aromatic N) is 4. The summed E-state index contributed by atoms with van der Waals surface area (Å²) in [6, 6.07) is 7.48. The molecule has 4 rings (SSSR count). The smallest absolute Gasteiger partial charge is 0.237 e. The Morgan fingerprint density at radius 2 is 2.00 bits per heavy atom. The lowest BCUT2D eigenvalue weighted by Crippen LogP contribution is -2.30. The summed E-state index contributed by atoms with van der Waals surface area (Å²) < 4.78 is 5.35. The molecule has 0 atom stereocenters. The van der Waals surface area contributed by atoms with Crippen LogP contribution in [0.25, 0.3) is 11.4 Å². The topological polar surface area (TPSA) is 123 Å². The number of carbonyl (C=O) groups is 2. The van der Waals surface area contributed by atoms with Crippen molar-refractivity contribution in [2.24, 2.45) is 5.41 Å². The lowest BCUT2D eigenvalue weighted by molar-refractivity contribution is -0.113. The number of Topliss-reactive ketones (excluding diaryl/α,β-unsaturated/α-hetero) is 1. The number of aromatic amines is 1. The van der Waals surface area contributed by atoms with Crippen LogP contribution in [0, 0.1) is 12.3 Å². The molecule has 0 unspecified atom stereocenters. The first-order valence-electron chi connectivity index (χ1n) is 10.1. The van der Waals surface area contributed by atoms with Gasteiger partial charge in [0.05, 0.1) is 35.4 Å². The Morgan fingerprint density at radius 1 is 1.22 bits per heavy atom. The van der Waals surface area contributed by atoms with E-state index in [9.17, 15) is 9.59 Å². The van der Waals surface area contributed by atoms with Crippen molar-refractivity contribution in [3.05, 3.63) is 41.2 Å². The molecule has 166 valence electrons. The van der Waals surface area contributed by atoms with Crippen molar-refractivity contribution in [3.63, 3.8) is 0 Å². The van der Waals surface area contributed by atoms with Crippen molar-refractivity contribution in [2.75, 3.05) is 18.2 Å². The minimum absolute atomic E-state index is 0.0534. The van der Waals surface area contributed by atoms with Crippen LogP contribution < -0.4 is 10.1 Å². The highest BCUT2D eigenvalue weighted by atomic mass is 32.2. The van der Waals surface area contributed by atoms with Crippen LogP contribution in [0.3, 0.4) is 0 Å². The van der Waals surface area contributed by atoms with E-state index in [1.54, 1.807) is 14.0 Å². The lowest BCUT2D eigenvalue weighted by Gasteiger charge is -2.30. The molecule has 1 aliphatic carbocycles. The maximum atomic E-state index is 12.5. The van der Waals surface area contributed by atoms with Crippen molar-refractivity contribution in [3.8, 4) is 17.1 Å². The van der Waals surface area contributed by atoms with Gasteiger partial charge in [-0.05, 0) is 30.9 Å². The van der Waals surface area contributed by atoms with Crippen LogP contribution in [-0.4, -0.2) is 49.7 Å². The highest BCUT2D eigenvalue weighted by Crippen LogP contribution is 2.35. The van der Waals surface area contributed by atoms with Gasteiger partial charge >= 0.3 is 0 Å². The molecule has 32 heavy (non-hydrogen) atoms. The van der Waals surface area contributed by atoms with E-state index in [1.165, 1.54) is 11.8 Å². The van der Waals surface area contributed by atoms with Gasteiger partial charge in [0.1, 0.15) is 5.75 Å². The van der Waals surface area contributed by atoms with Crippen LogP contribution >= 0.6 is 11.8 Å². The number of para-hydroxylation sites is 1. The van der Waals surface area contributed by atoms with Gasteiger partial charge in [0.2, 0.25) is 17.0 Å². The van der Waals surface area contributed by atoms with Gasteiger partial charge in [0.15, 0.2) is 11.6 Å². The number of carbonyl (C=O) groups excluding carboxylic acids is 2. The van der Waals surface area contributed by atoms with E-state index in [2.05, 4.69) is 30.5 Å². The van der Waals surface area contributed by atoms with Crippen molar-refractivity contribution in [1.82, 2.24) is 25.1 Å². The van der Waals surface area contributed by atoms with Gasteiger partial charge < -0.3 is 4.74 Å². The first kappa shape index (κ1) is 21.9. The fraction of sp³-hybridized carbons (Fsp3) is 0.364. The summed E-state index contributed by atoms with van der Waals surface area (Å²) >= 11 is 1.19. The van der Waals surface area contributed by atoms with Crippen LogP contribution in [-0.2, 0) is 11.2 Å². The fourth-order valence-corrected chi connectivity index (χ4v) is 4.38. The Morgan fingerprint density at radius 3 is 2.78 bits per heavy atom. The maximum absolute atomic E-state index is 12.5. The Balaban J connectivity index is 1.42. The summed E-state index contributed by atoms with van der Waals surface area (Å²) in [5.74, 6) is 1.32. The summed E-state index contributed by atoms with van der Waals surface area (Å²) in [5, 5.41) is 10.2. The van der Waals surface area contributed by atoms with Crippen LogP contribution in [0.1, 0.15) is 42.0 Å². The summed E-state index contributed by atoms with van der Waals surface area (Å²) in [7, 11) is 1.59. The minimum Gasteiger partial charge on any atom is -0.496 e. The van der Waals surface area contributed by atoms with E-state index in [0.29, 0.717) is 46.5 Å². The molecule has 2 aromatic heterocycles. The molecular formula is C22H24N6O3S. The van der Waals surface area contributed by atoms with E-state index >= 15 is 0 Å². The monoisotopic (exact) mass is 452 g/mol. The number of aromatic nitrogens is 5. The SMILES string of the molecule is COc1ccccc1-c1nc(SCC(=O)Nc2nc(C)c3c(n2)CC(C)(C)CC3=O)n[nH]1. The zero-order valence-corrected chi connectivity index (χ0v) is 19.2. The first-order chi connectivity index (χ1) is 15.3. The second kappa shape index (κ2) is 8.70. The molecule has 2 heterocycles. The number of nitrogens with one attached hydrogen (secondary N) is 2. The Hall–Kier alpha value is -3.27. The van der Waals surface area contributed by atoms with Crippen LogP contribution in [0.2, 0.25) is 0 Å². The molecule has 0 bridgehead atoms. The third kappa shape index (κ3) is 4.64. The quantitative estimate of drug-likeness (QED) is 0.545. The van der Waals surface area contributed by atoms with Gasteiger partial charge in [-0.1, -0.05) is 37.7 Å². The van der Waals surface area contributed by atoms with Gasteiger partial charge in [0, 0.05) is 6.42 Å². The molecule has 1 amide bonds. The number of benzene rings is 1. The number of anilines is 1. The molecule has 0 radical (unpaired) electrons. The molecule has 0 saturated heterocycles. The summed E-state index contributed by atoms with van der Waals surface area (Å²) in [5.41, 5.74) is 2.49. The highest BCUT2D eigenvalue weighted by Gasteiger charge is 2.34. The number of rotatable bonds is 6. The van der Waals surface area contributed by atoms with Crippen molar-refractivity contribution in [2.45, 2.75) is 38.8 Å². The summed E-state index contributed by atoms with van der Waals surface area (Å²) in [4.78, 5) is 38.1. The second-order valence-corrected chi connectivity index (χ2v) is 9.34. The third-order valence-corrected chi connectivity index (χ3v) is 5.99. The number of methoxy groups -OCH3 is 1. The maximum Gasteiger partial charge on any atom is 0.237 e. The van der Waals surface area contributed by atoms with E-state index in [4.69, 9.17) is 4.74 Å². The predicted molar refractivity (Wildman–Crippen MR) is 121 cm³/mol. The summed E-state index contributed by atoms with van der Waals surface area (Å²) in [6.45, 7) is 5.85. The standard InChI is InChI=1S/C22H24N6O3S/c1-12-18-14(9-22(2,3)10-15(18)29)24-20(23-12)25-17(30)11-32-21-26-19(27-28-21)13-7-5-6-8-16(13)31-4/h5-8H,9-11H2,1-4H3,(H,26,27,28)(H,23,24,25,30). The molecule has 1 aromatic carbocycles. The lowest BCUT2D eigenvalue weighted by atomic mass is 9.75. The van der Waals surface area contributed by atoms with E-state index in [1.807, 2.05) is 38.1 Å². The molecule has 2 N–H and O–H groups in total. The number of fused-ring (bicyclic) bond motifs is 1. The summed E-state index contributed by atoms with van der Waals surface area (Å²) in [6.07, 6.45) is 1.14. The third-order valence-electron chi connectivity index (χ3n) is 5.14. The minimum atomic E-state index is -0.278.